The average molecular weight is 366 g/mol. The second-order valence-corrected chi connectivity index (χ2v) is 7.12. The standard InChI is InChI=1S/C20H22N4O3/c1-12(24-19(26)13-6-2-3-7-14(13)20(24)27)18(25)21-11-10-17-22-15-8-4-5-9-16(15)23-17/h2-5,8-9,12-14H,6-7,10-11H2,1H3,(H,21,25)(H,22,23)/t12-,13+,14+/m1/s1. The van der Waals surface area contributed by atoms with E-state index in [0.29, 0.717) is 25.8 Å². The van der Waals surface area contributed by atoms with E-state index >= 15 is 0 Å². The molecule has 140 valence electrons. The SMILES string of the molecule is C[C@H](C(=O)NCCc1nc2ccccc2[nH]1)N1C(=O)[C@H]2CC=CC[C@@H]2C1=O. The van der Waals surface area contributed by atoms with Crippen molar-refractivity contribution in [3.8, 4) is 0 Å². The predicted molar refractivity (Wildman–Crippen MR) is 99.5 cm³/mol. The number of nitrogens with one attached hydrogen (secondary N) is 2. The molecule has 1 aliphatic heterocycles. The Hall–Kier alpha value is -2.96. The number of rotatable bonds is 5. The number of H-pyrrole nitrogens is 1. The minimum Gasteiger partial charge on any atom is -0.354 e. The van der Waals surface area contributed by atoms with E-state index < -0.39 is 6.04 Å². The van der Waals surface area contributed by atoms with Gasteiger partial charge >= 0.3 is 0 Å². The highest BCUT2D eigenvalue weighted by Gasteiger charge is 2.49. The maximum atomic E-state index is 12.6. The molecule has 27 heavy (non-hydrogen) atoms. The van der Waals surface area contributed by atoms with Crippen molar-refractivity contribution in [2.75, 3.05) is 6.54 Å². The zero-order valence-electron chi connectivity index (χ0n) is 15.1. The van der Waals surface area contributed by atoms with E-state index in [4.69, 9.17) is 0 Å². The summed E-state index contributed by atoms with van der Waals surface area (Å²) in [6, 6.07) is 6.94. The van der Waals surface area contributed by atoms with Crippen LogP contribution in [0.25, 0.3) is 11.0 Å². The van der Waals surface area contributed by atoms with Gasteiger partial charge in [0, 0.05) is 13.0 Å². The van der Waals surface area contributed by atoms with Crippen molar-refractivity contribution < 1.29 is 14.4 Å². The van der Waals surface area contributed by atoms with Crippen LogP contribution < -0.4 is 5.32 Å². The van der Waals surface area contributed by atoms with E-state index in [1.54, 1.807) is 6.92 Å². The first-order valence-electron chi connectivity index (χ1n) is 9.29. The fourth-order valence-electron chi connectivity index (χ4n) is 3.90. The first kappa shape index (κ1) is 17.5. The number of para-hydroxylation sites is 2. The van der Waals surface area contributed by atoms with Gasteiger partial charge in [0.15, 0.2) is 0 Å². The van der Waals surface area contributed by atoms with Gasteiger partial charge in [0.1, 0.15) is 11.9 Å². The van der Waals surface area contributed by atoms with Crippen LogP contribution in [-0.4, -0.2) is 45.2 Å². The Kier molecular flexibility index (Phi) is 4.51. The fraction of sp³-hybridized carbons (Fsp3) is 0.400. The number of fused-ring (bicyclic) bond motifs is 2. The van der Waals surface area contributed by atoms with Gasteiger partial charge in [0.05, 0.1) is 22.9 Å². The number of imidazole rings is 1. The number of likely N-dealkylation sites (tertiary alicyclic amines) is 1. The van der Waals surface area contributed by atoms with E-state index in [-0.39, 0.29) is 29.6 Å². The molecular weight excluding hydrogens is 344 g/mol. The summed E-state index contributed by atoms with van der Waals surface area (Å²) in [5.41, 5.74) is 1.84. The molecule has 3 atom stereocenters. The van der Waals surface area contributed by atoms with Crippen molar-refractivity contribution in [1.82, 2.24) is 20.2 Å². The largest absolute Gasteiger partial charge is 0.354 e. The van der Waals surface area contributed by atoms with E-state index in [9.17, 15) is 14.4 Å². The summed E-state index contributed by atoms with van der Waals surface area (Å²) in [6.45, 7) is 1.99. The minimum atomic E-state index is -0.800. The van der Waals surface area contributed by atoms with Gasteiger partial charge in [-0.1, -0.05) is 24.3 Å². The molecular formula is C20H22N4O3. The number of benzene rings is 1. The fourth-order valence-corrected chi connectivity index (χ4v) is 3.90. The molecule has 1 fully saturated rings. The van der Waals surface area contributed by atoms with Crippen LogP contribution in [0.5, 0.6) is 0 Å². The number of allylic oxidation sites excluding steroid dienone is 2. The Morgan fingerprint density at radius 1 is 1.22 bits per heavy atom. The quantitative estimate of drug-likeness (QED) is 0.620. The van der Waals surface area contributed by atoms with Crippen molar-refractivity contribution in [1.29, 1.82) is 0 Å². The molecule has 2 aliphatic rings. The van der Waals surface area contributed by atoms with Gasteiger partial charge in [-0.05, 0) is 31.9 Å². The number of hydrogen-bond donors (Lipinski definition) is 2. The molecule has 1 aromatic carbocycles. The molecule has 0 spiro atoms. The summed E-state index contributed by atoms with van der Waals surface area (Å²) in [4.78, 5) is 46.5. The summed E-state index contributed by atoms with van der Waals surface area (Å²) in [5, 5.41) is 2.81. The normalized spacial score (nSPS) is 22.9. The average Bonchev–Trinajstić information content (AvgIpc) is 3.20. The lowest BCUT2D eigenvalue weighted by Crippen LogP contribution is -2.48. The molecule has 0 unspecified atom stereocenters. The molecule has 1 aromatic heterocycles. The number of aromatic nitrogens is 2. The van der Waals surface area contributed by atoms with Crippen molar-refractivity contribution >= 4 is 28.8 Å². The highest BCUT2D eigenvalue weighted by atomic mass is 16.2. The molecule has 2 N–H and O–H groups in total. The monoisotopic (exact) mass is 366 g/mol. The van der Waals surface area contributed by atoms with E-state index in [1.807, 2.05) is 36.4 Å². The smallest absolute Gasteiger partial charge is 0.243 e. The number of carbonyl (C=O) groups excluding carboxylic acids is 3. The number of aromatic amines is 1. The van der Waals surface area contributed by atoms with Gasteiger partial charge in [0.25, 0.3) is 0 Å². The van der Waals surface area contributed by atoms with Crippen LogP contribution in [0, 0.1) is 11.8 Å². The number of nitrogens with zero attached hydrogens (tertiary/aromatic N) is 2. The van der Waals surface area contributed by atoms with Crippen LogP contribution in [0.15, 0.2) is 36.4 Å². The molecule has 3 amide bonds. The summed E-state index contributed by atoms with van der Waals surface area (Å²) in [7, 11) is 0. The topological polar surface area (TPSA) is 95.2 Å². The van der Waals surface area contributed by atoms with Gasteiger partial charge in [-0.15, -0.1) is 0 Å². The second-order valence-electron chi connectivity index (χ2n) is 7.12. The van der Waals surface area contributed by atoms with Gasteiger partial charge in [-0.2, -0.15) is 0 Å². The van der Waals surface area contributed by atoms with Gasteiger partial charge in [-0.3, -0.25) is 19.3 Å². The van der Waals surface area contributed by atoms with Crippen LogP contribution in [0.3, 0.4) is 0 Å². The van der Waals surface area contributed by atoms with Crippen molar-refractivity contribution in [3.63, 3.8) is 0 Å². The predicted octanol–water partition coefficient (Wildman–Crippen LogP) is 1.56. The third-order valence-electron chi connectivity index (χ3n) is 5.41. The van der Waals surface area contributed by atoms with Crippen molar-refractivity contribution in [2.24, 2.45) is 11.8 Å². The van der Waals surface area contributed by atoms with Gasteiger partial charge in [0.2, 0.25) is 17.7 Å². The van der Waals surface area contributed by atoms with Crippen molar-refractivity contribution in [2.45, 2.75) is 32.2 Å². The third kappa shape index (κ3) is 3.13. The highest BCUT2D eigenvalue weighted by molar-refractivity contribution is 6.08. The Balaban J connectivity index is 1.35. The van der Waals surface area contributed by atoms with Gasteiger partial charge in [-0.25, -0.2) is 4.98 Å². The Morgan fingerprint density at radius 3 is 2.56 bits per heavy atom. The molecule has 2 aromatic rings. The first-order valence-corrected chi connectivity index (χ1v) is 9.29. The minimum absolute atomic E-state index is 0.228. The number of hydrogen-bond acceptors (Lipinski definition) is 4. The summed E-state index contributed by atoms with van der Waals surface area (Å²) in [6.07, 6.45) is 5.57. The molecule has 1 saturated heterocycles. The molecule has 1 aliphatic carbocycles. The van der Waals surface area contributed by atoms with E-state index in [1.165, 1.54) is 0 Å². The Bertz CT molecular complexity index is 873. The molecule has 0 bridgehead atoms. The zero-order chi connectivity index (χ0) is 19.0. The van der Waals surface area contributed by atoms with Gasteiger partial charge < -0.3 is 10.3 Å². The molecule has 7 heteroatoms. The lowest BCUT2D eigenvalue weighted by Gasteiger charge is -2.22. The Morgan fingerprint density at radius 2 is 1.89 bits per heavy atom. The number of amides is 3. The molecule has 0 saturated carbocycles. The molecule has 7 nitrogen and oxygen atoms in total. The summed E-state index contributed by atoms with van der Waals surface area (Å²) < 4.78 is 0. The third-order valence-corrected chi connectivity index (χ3v) is 5.41. The highest BCUT2D eigenvalue weighted by Crippen LogP contribution is 2.36. The van der Waals surface area contributed by atoms with Crippen LogP contribution in [0.2, 0.25) is 0 Å². The van der Waals surface area contributed by atoms with Crippen LogP contribution in [-0.2, 0) is 20.8 Å². The van der Waals surface area contributed by atoms with Crippen molar-refractivity contribution in [3.05, 3.63) is 42.2 Å². The molecule has 0 radical (unpaired) electrons. The molecule has 4 rings (SSSR count). The zero-order valence-corrected chi connectivity index (χ0v) is 15.1. The number of carbonyl (C=O) groups is 3. The van der Waals surface area contributed by atoms with Crippen LogP contribution in [0.4, 0.5) is 0 Å². The number of imide groups is 1. The first-order chi connectivity index (χ1) is 13.1. The van der Waals surface area contributed by atoms with E-state index in [2.05, 4.69) is 15.3 Å². The lowest BCUT2D eigenvalue weighted by molar-refractivity contribution is -0.147. The van der Waals surface area contributed by atoms with Crippen LogP contribution in [0.1, 0.15) is 25.6 Å². The van der Waals surface area contributed by atoms with E-state index in [0.717, 1.165) is 21.8 Å². The molecule has 2 heterocycles. The summed E-state index contributed by atoms with van der Waals surface area (Å²) >= 11 is 0. The maximum absolute atomic E-state index is 12.6. The Labute approximate surface area is 156 Å². The van der Waals surface area contributed by atoms with Crippen LogP contribution >= 0.6 is 0 Å². The summed E-state index contributed by atoms with van der Waals surface area (Å²) in [5.74, 6) is -0.612. The lowest BCUT2D eigenvalue weighted by atomic mass is 9.85. The maximum Gasteiger partial charge on any atom is 0.243 e. The second kappa shape index (κ2) is 6.98.